The second-order valence-corrected chi connectivity index (χ2v) is 5.21. The quantitative estimate of drug-likeness (QED) is 0.766. The van der Waals surface area contributed by atoms with Gasteiger partial charge in [0.15, 0.2) is 0 Å². The van der Waals surface area contributed by atoms with E-state index >= 15 is 0 Å². The number of hydrogen-bond donors (Lipinski definition) is 1. The van der Waals surface area contributed by atoms with Crippen LogP contribution < -0.4 is 5.32 Å². The van der Waals surface area contributed by atoms with E-state index in [0.717, 1.165) is 12.1 Å². The molecule has 0 spiro atoms. The molecule has 7 heteroatoms. The number of alkyl halides is 3. The molecule has 0 bridgehead atoms. The maximum atomic E-state index is 12.6. The van der Waals surface area contributed by atoms with Crippen LogP contribution in [0.5, 0.6) is 0 Å². The first kappa shape index (κ1) is 16.6. The normalized spacial score (nSPS) is 11.2. The van der Waals surface area contributed by atoms with Crippen molar-refractivity contribution in [3.05, 3.63) is 78.2 Å². The molecule has 0 fully saturated rings. The Bertz CT molecular complexity index is 878. The number of rotatable bonds is 3. The number of aromatic nitrogens is 2. The van der Waals surface area contributed by atoms with Gasteiger partial charge in [-0.25, -0.2) is 4.98 Å². The third kappa shape index (κ3) is 4.00. The van der Waals surface area contributed by atoms with Crippen LogP contribution in [-0.4, -0.2) is 15.9 Å². The molecule has 0 aliphatic rings. The Morgan fingerprint density at radius 2 is 1.72 bits per heavy atom. The van der Waals surface area contributed by atoms with E-state index in [9.17, 15) is 18.0 Å². The molecule has 1 amide bonds. The fourth-order valence-corrected chi connectivity index (χ4v) is 2.20. The van der Waals surface area contributed by atoms with Crippen molar-refractivity contribution in [2.45, 2.75) is 6.18 Å². The average Bonchev–Trinajstić information content (AvgIpc) is 2.62. The minimum atomic E-state index is -4.39. The lowest BCUT2D eigenvalue weighted by Crippen LogP contribution is -2.13. The molecule has 0 radical (unpaired) electrons. The summed E-state index contributed by atoms with van der Waals surface area (Å²) in [5, 5.41) is 2.63. The lowest BCUT2D eigenvalue weighted by atomic mass is 10.0. The van der Waals surface area contributed by atoms with Crippen molar-refractivity contribution in [3.8, 4) is 11.1 Å². The van der Waals surface area contributed by atoms with Gasteiger partial charge < -0.3 is 5.32 Å². The maximum absolute atomic E-state index is 12.6. The molecule has 4 nitrogen and oxygen atoms in total. The van der Waals surface area contributed by atoms with Crippen molar-refractivity contribution in [1.29, 1.82) is 0 Å². The first-order chi connectivity index (χ1) is 11.9. The standard InChI is InChI=1S/C18H12F3N3O/c19-18(20,21)15-6-4-12(5-7-15)13-9-14(11-22-10-13)17(25)24-16-3-1-2-8-23-16/h1-11H,(H,23,24,25). The highest BCUT2D eigenvalue weighted by molar-refractivity contribution is 6.04. The third-order valence-electron chi connectivity index (χ3n) is 3.45. The van der Waals surface area contributed by atoms with Crippen molar-refractivity contribution >= 4 is 11.7 Å². The van der Waals surface area contributed by atoms with Gasteiger partial charge in [-0.15, -0.1) is 0 Å². The van der Waals surface area contributed by atoms with Crippen LogP contribution in [-0.2, 0) is 6.18 Å². The Balaban J connectivity index is 1.83. The molecule has 126 valence electrons. The number of pyridine rings is 2. The predicted octanol–water partition coefficient (Wildman–Crippen LogP) is 4.41. The van der Waals surface area contributed by atoms with E-state index in [1.54, 1.807) is 30.5 Å². The molecule has 0 saturated heterocycles. The van der Waals surface area contributed by atoms with E-state index < -0.39 is 17.6 Å². The Labute approximate surface area is 141 Å². The largest absolute Gasteiger partial charge is 0.416 e. The number of nitrogens with one attached hydrogen (secondary N) is 1. The van der Waals surface area contributed by atoms with E-state index in [0.29, 0.717) is 16.9 Å². The van der Waals surface area contributed by atoms with Gasteiger partial charge in [-0.1, -0.05) is 18.2 Å². The van der Waals surface area contributed by atoms with E-state index in [1.165, 1.54) is 24.5 Å². The number of hydrogen-bond acceptors (Lipinski definition) is 3. The van der Waals surface area contributed by atoms with Crippen molar-refractivity contribution in [2.24, 2.45) is 0 Å². The highest BCUT2D eigenvalue weighted by Crippen LogP contribution is 2.31. The Kier molecular flexibility index (Phi) is 4.47. The number of benzene rings is 1. The van der Waals surface area contributed by atoms with Gasteiger partial charge in [0.1, 0.15) is 5.82 Å². The highest BCUT2D eigenvalue weighted by atomic mass is 19.4. The van der Waals surface area contributed by atoms with E-state index in [-0.39, 0.29) is 5.56 Å². The second kappa shape index (κ2) is 6.72. The molecular weight excluding hydrogens is 331 g/mol. The molecule has 0 saturated carbocycles. The van der Waals surface area contributed by atoms with Crippen molar-refractivity contribution < 1.29 is 18.0 Å². The molecule has 2 aromatic heterocycles. The molecule has 0 aliphatic carbocycles. The van der Waals surface area contributed by atoms with Gasteiger partial charge in [-0.3, -0.25) is 9.78 Å². The van der Waals surface area contributed by atoms with Crippen LogP contribution in [0.3, 0.4) is 0 Å². The number of anilines is 1. The molecule has 3 rings (SSSR count). The van der Waals surface area contributed by atoms with Gasteiger partial charge in [-0.05, 0) is 35.9 Å². The second-order valence-electron chi connectivity index (χ2n) is 5.21. The maximum Gasteiger partial charge on any atom is 0.416 e. The lowest BCUT2D eigenvalue weighted by Gasteiger charge is -2.09. The van der Waals surface area contributed by atoms with Crippen molar-refractivity contribution in [1.82, 2.24) is 9.97 Å². The number of amides is 1. The molecule has 3 aromatic rings. The molecule has 0 atom stereocenters. The summed E-state index contributed by atoms with van der Waals surface area (Å²) in [5.74, 6) is -0.00704. The molecule has 1 aromatic carbocycles. The number of nitrogens with zero attached hydrogens (tertiary/aromatic N) is 2. The summed E-state index contributed by atoms with van der Waals surface area (Å²) in [6.07, 6.45) is 0.0275. The first-order valence-electron chi connectivity index (χ1n) is 7.28. The van der Waals surface area contributed by atoms with E-state index in [2.05, 4.69) is 15.3 Å². The average molecular weight is 343 g/mol. The monoisotopic (exact) mass is 343 g/mol. The smallest absolute Gasteiger partial charge is 0.307 e. The predicted molar refractivity (Wildman–Crippen MR) is 86.9 cm³/mol. The third-order valence-corrected chi connectivity index (χ3v) is 3.45. The molecule has 0 unspecified atom stereocenters. The molecule has 25 heavy (non-hydrogen) atoms. The van der Waals surface area contributed by atoms with E-state index in [1.807, 2.05) is 0 Å². The topological polar surface area (TPSA) is 54.9 Å². The number of carbonyl (C=O) groups excluding carboxylic acids is 1. The van der Waals surface area contributed by atoms with Gasteiger partial charge in [0.25, 0.3) is 5.91 Å². The van der Waals surface area contributed by atoms with Gasteiger partial charge >= 0.3 is 6.18 Å². The zero-order valence-corrected chi connectivity index (χ0v) is 12.8. The minimum absolute atomic E-state index is 0.281. The molecule has 0 aliphatic heterocycles. The fraction of sp³-hybridized carbons (Fsp3) is 0.0556. The highest BCUT2D eigenvalue weighted by Gasteiger charge is 2.29. The van der Waals surface area contributed by atoms with Crippen molar-refractivity contribution in [3.63, 3.8) is 0 Å². The summed E-state index contributed by atoms with van der Waals surface area (Å²) in [5.41, 5.74) is 0.631. The van der Waals surface area contributed by atoms with Crippen LogP contribution in [0, 0.1) is 0 Å². The summed E-state index contributed by atoms with van der Waals surface area (Å²) in [6, 6.07) is 11.4. The number of carbonyl (C=O) groups is 1. The Morgan fingerprint density at radius 1 is 0.960 bits per heavy atom. The van der Waals surface area contributed by atoms with Gasteiger partial charge in [0, 0.05) is 24.2 Å². The summed E-state index contributed by atoms with van der Waals surface area (Å²) in [7, 11) is 0. The lowest BCUT2D eigenvalue weighted by molar-refractivity contribution is -0.137. The summed E-state index contributed by atoms with van der Waals surface area (Å²) in [4.78, 5) is 20.2. The summed E-state index contributed by atoms with van der Waals surface area (Å²) >= 11 is 0. The van der Waals surface area contributed by atoms with Crippen LogP contribution in [0.2, 0.25) is 0 Å². The van der Waals surface area contributed by atoms with Crippen LogP contribution in [0.1, 0.15) is 15.9 Å². The van der Waals surface area contributed by atoms with Crippen LogP contribution >= 0.6 is 0 Å². The minimum Gasteiger partial charge on any atom is -0.307 e. The summed E-state index contributed by atoms with van der Waals surface area (Å²) < 4.78 is 37.9. The Hall–Kier alpha value is -3.22. The van der Waals surface area contributed by atoms with Gasteiger partial charge in [0.05, 0.1) is 11.1 Å². The van der Waals surface area contributed by atoms with Crippen LogP contribution in [0.15, 0.2) is 67.1 Å². The van der Waals surface area contributed by atoms with Gasteiger partial charge in [-0.2, -0.15) is 13.2 Å². The van der Waals surface area contributed by atoms with Crippen molar-refractivity contribution in [2.75, 3.05) is 5.32 Å². The Morgan fingerprint density at radius 3 is 2.36 bits per heavy atom. The van der Waals surface area contributed by atoms with Crippen LogP contribution in [0.4, 0.5) is 19.0 Å². The molecule has 1 N–H and O–H groups in total. The zero-order chi connectivity index (χ0) is 17.9. The van der Waals surface area contributed by atoms with Crippen LogP contribution in [0.25, 0.3) is 11.1 Å². The fourth-order valence-electron chi connectivity index (χ4n) is 2.20. The number of halogens is 3. The molecular formula is C18H12F3N3O. The SMILES string of the molecule is O=C(Nc1ccccn1)c1cncc(-c2ccc(C(F)(F)F)cc2)c1. The first-order valence-corrected chi connectivity index (χ1v) is 7.28. The zero-order valence-electron chi connectivity index (χ0n) is 12.8. The van der Waals surface area contributed by atoms with Gasteiger partial charge in [0.2, 0.25) is 0 Å². The molecule has 2 heterocycles. The van der Waals surface area contributed by atoms with E-state index in [4.69, 9.17) is 0 Å². The summed E-state index contributed by atoms with van der Waals surface area (Å²) in [6.45, 7) is 0.